The van der Waals surface area contributed by atoms with Gasteiger partial charge in [-0.2, -0.15) is 0 Å². The predicted octanol–water partition coefficient (Wildman–Crippen LogP) is 4.76. The van der Waals surface area contributed by atoms with Crippen molar-refractivity contribution in [3.8, 4) is 0 Å². The van der Waals surface area contributed by atoms with Gasteiger partial charge in [0.15, 0.2) is 0 Å². The average Bonchev–Trinajstić information content (AvgIpc) is 2.39. The normalized spacial score (nSPS) is 10.3. The molecule has 2 aromatic carbocycles. The lowest BCUT2D eigenvalue weighted by Crippen LogP contribution is -2.01. The number of benzene rings is 2. The first-order chi connectivity index (χ1) is 9.47. The van der Waals surface area contributed by atoms with E-state index in [4.69, 9.17) is 11.6 Å². The van der Waals surface area contributed by atoms with Gasteiger partial charge < -0.3 is 5.32 Å². The summed E-state index contributed by atoms with van der Waals surface area (Å²) in [5.41, 5.74) is 1.26. The molecule has 0 saturated heterocycles. The molecule has 1 N–H and O–H groups in total. The van der Waals surface area contributed by atoms with Crippen LogP contribution in [0.3, 0.4) is 0 Å². The monoisotopic (exact) mass is 358 g/mol. The van der Waals surface area contributed by atoms with Crippen molar-refractivity contribution in [3.63, 3.8) is 0 Å². The Kier molecular flexibility index (Phi) is 4.57. The molecule has 104 valence electrons. The van der Waals surface area contributed by atoms with Gasteiger partial charge in [-0.3, -0.25) is 10.1 Å². The topological polar surface area (TPSA) is 55.2 Å². The number of nitrogens with one attached hydrogen (secondary N) is 1. The van der Waals surface area contributed by atoms with Crippen molar-refractivity contribution in [2.75, 3.05) is 5.32 Å². The lowest BCUT2D eigenvalue weighted by atomic mass is 10.2. The minimum Gasteiger partial charge on any atom is -0.380 e. The fourth-order valence-corrected chi connectivity index (χ4v) is 2.24. The Bertz CT molecular complexity index is 667. The summed E-state index contributed by atoms with van der Waals surface area (Å²) >= 11 is 9.22. The molecule has 0 unspecified atom stereocenters. The number of hydrogen-bond acceptors (Lipinski definition) is 3. The van der Waals surface area contributed by atoms with Gasteiger partial charge in [0.25, 0.3) is 5.69 Å². The van der Waals surface area contributed by atoms with Crippen LogP contribution in [0.5, 0.6) is 0 Å². The van der Waals surface area contributed by atoms with E-state index in [-0.39, 0.29) is 5.69 Å². The van der Waals surface area contributed by atoms with Crippen LogP contribution in [-0.2, 0) is 6.54 Å². The van der Waals surface area contributed by atoms with Crippen molar-refractivity contribution >= 4 is 38.9 Å². The Morgan fingerprint density at radius 2 is 2.05 bits per heavy atom. The van der Waals surface area contributed by atoms with Gasteiger partial charge in [0.1, 0.15) is 5.82 Å². The molecular weight excluding hydrogens is 351 g/mol. The largest absolute Gasteiger partial charge is 0.380 e. The highest BCUT2D eigenvalue weighted by atomic mass is 79.9. The highest BCUT2D eigenvalue weighted by molar-refractivity contribution is 9.10. The zero-order valence-corrected chi connectivity index (χ0v) is 12.4. The number of nitro benzene ring substituents is 1. The van der Waals surface area contributed by atoms with Crippen LogP contribution in [-0.4, -0.2) is 4.92 Å². The molecule has 0 amide bonds. The highest BCUT2D eigenvalue weighted by Gasteiger charge is 2.10. The number of non-ortho nitro benzene ring substituents is 1. The van der Waals surface area contributed by atoms with Gasteiger partial charge in [0.05, 0.1) is 10.6 Å². The third-order valence-electron chi connectivity index (χ3n) is 2.65. The molecule has 2 aromatic rings. The summed E-state index contributed by atoms with van der Waals surface area (Å²) < 4.78 is 13.6. The van der Waals surface area contributed by atoms with Crippen LogP contribution in [0.4, 0.5) is 15.8 Å². The number of rotatable bonds is 4. The van der Waals surface area contributed by atoms with Gasteiger partial charge >= 0.3 is 0 Å². The molecule has 0 spiro atoms. The van der Waals surface area contributed by atoms with Crippen LogP contribution in [0, 0.1) is 15.9 Å². The van der Waals surface area contributed by atoms with Crippen LogP contribution >= 0.6 is 27.5 Å². The molecule has 20 heavy (non-hydrogen) atoms. The van der Waals surface area contributed by atoms with Crippen molar-refractivity contribution in [1.82, 2.24) is 0 Å². The maximum Gasteiger partial charge on any atom is 0.271 e. The van der Waals surface area contributed by atoms with Crippen LogP contribution in [0.1, 0.15) is 5.56 Å². The summed E-state index contributed by atoms with van der Waals surface area (Å²) in [6, 6.07) is 8.51. The molecule has 0 bridgehead atoms. The second kappa shape index (κ2) is 6.19. The van der Waals surface area contributed by atoms with Gasteiger partial charge in [-0.15, -0.1) is 0 Å². The van der Waals surface area contributed by atoms with E-state index in [2.05, 4.69) is 21.2 Å². The maximum absolute atomic E-state index is 12.9. The molecule has 0 saturated carbocycles. The van der Waals surface area contributed by atoms with Gasteiger partial charge in [-0.05, 0) is 39.7 Å². The average molecular weight is 360 g/mol. The predicted molar refractivity (Wildman–Crippen MR) is 79.5 cm³/mol. The quantitative estimate of drug-likeness (QED) is 0.632. The summed E-state index contributed by atoms with van der Waals surface area (Å²) in [6.07, 6.45) is 0. The van der Waals surface area contributed by atoms with Crippen LogP contribution in [0.25, 0.3) is 0 Å². The third-order valence-corrected chi connectivity index (χ3v) is 3.69. The van der Waals surface area contributed by atoms with Crippen molar-refractivity contribution in [3.05, 3.63) is 67.4 Å². The molecule has 4 nitrogen and oxygen atoms in total. The van der Waals surface area contributed by atoms with E-state index in [1.807, 2.05) is 0 Å². The first-order valence-electron chi connectivity index (χ1n) is 5.59. The fourth-order valence-electron chi connectivity index (χ4n) is 1.62. The van der Waals surface area contributed by atoms with E-state index in [0.29, 0.717) is 27.3 Å². The van der Waals surface area contributed by atoms with E-state index in [1.165, 1.54) is 24.3 Å². The summed E-state index contributed by atoms with van der Waals surface area (Å²) in [5.74, 6) is -0.407. The number of hydrogen-bond donors (Lipinski definition) is 1. The van der Waals surface area contributed by atoms with Crippen LogP contribution < -0.4 is 5.32 Å². The lowest BCUT2D eigenvalue weighted by molar-refractivity contribution is -0.384. The lowest BCUT2D eigenvalue weighted by Gasteiger charge is -2.10. The second-order valence-corrected chi connectivity index (χ2v) is 5.27. The first-order valence-corrected chi connectivity index (χ1v) is 6.76. The first kappa shape index (κ1) is 14.7. The third kappa shape index (κ3) is 3.46. The van der Waals surface area contributed by atoms with Crippen molar-refractivity contribution in [2.24, 2.45) is 0 Å². The van der Waals surface area contributed by atoms with Crippen molar-refractivity contribution in [1.29, 1.82) is 0 Å². The zero-order chi connectivity index (χ0) is 14.7. The number of nitro groups is 1. The minimum atomic E-state index is -0.470. The van der Waals surface area contributed by atoms with Gasteiger partial charge in [0, 0.05) is 28.2 Å². The van der Waals surface area contributed by atoms with E-state index >= 15 is 0 Å². The van der Waals surface area contributed by atoms with Crippen molar-refractivity contribution < 1.29 is 9.31 Å². The Balaban J connectivity index is 2.18. The Morgan fingerprint density at radius 3 is 2.70 bits per heavy atom. The summed E-state index contributed by atoms with van der Waals surface area (Å²) in [6.45, 7) is 0.332. The van der Waals surface area contributed by atoms with Crippen LogP contribution in [0.15, 0.2) is 40.9 Å². The molecule has 0 aromatic heterocycles. The standard InChI is InChI=1S/C13H9BrClFN2O2/c14-11-4-3-10(18(19)20)6-13(11)17-7-8-1-2-9(16)5-12(8)15/h1-6,17H,7H2. The molecule has 0 aliphatic heterocycles. The SMILES string of the molecule is O=[N+]([O-])c1ccc(Br)c(NCc2ccc(F)cc2Cl)c1. The summed E-state index contributed by atoms with van der Waals surface area (Å²) in [4.78, 5) is 10.3. The molecule has 0 aliphatic carbocycles. The van der Waals surface area contributed by atoms with Crippen LogP contribution in [0.2, 0.25) is 5.02 Å². The molecule has 0 radical (unpaired) electrons. The smallest absolute Gasteiger partial charge is 0.271 e. The molecule has 0 fully saturated rings. The Labute approximate surface area is 127 Å². The Hall–Kier alpha value is -1.66. The highest BCUT2D eigenvalue weighted by Crippen LogP contribution is 2.28. The van der Waals surface area contributed by atoms with E-state index in [0.717, 1.165) is 0 Å². The number of halogens is 3. The number of anilines is 1. The second-order valence-electron chi connectivity index (χ2n) is 4.01. The molecule has 0 heterocycles. The maximum atomic E-state index is 12.9. The Morgan fingerprint density at radius 1 is 1.30 bits per heavy atom. The molecular formula is C13H9BrClFN2O2. The van der Waals surface area contributed by atoms with Gasteiger partial charge in [-0.1, -0.05) is 17.7 Å². The molecule has 7 heteroatoms. The van der Waals surface area contributed by atoms with E-state index < -0.39 is 10.7 Å². The van der Waals surface area contributed by atoms with Crippen molar-refractivity contribution in [2.45, 2.75) is 6.54 Å². The van der Waals surface area contributed by atoms with E-state index in [9.17, 15) is 14.5 Å². The molecule has 2 rings (SSSR count). The summed E-state index contributed by atoms with van der Waals surface area (Å²) in [5, 5.41) is 14.1. The minimum absolute atomic E-state index is 0.0131. The molecule has 0 aliphatic rings. The molecule has 0 atom stereocenters. The zero-order valence-electron chi connectivity index (χ0n) is 10.1. The number of nitrogens with zero attached hydrogens (tertiary/aromatic N) is 1. The fraction of sp³-hybridized carbons (Fsp3) is 0.0769. The van der Waals surface area contributed by atoms with E-state index in [1.54, 1.807) is 12.1 Å². The van der Waals surface area contributed by atoms with Gasteiger partial charge in [-0.25, -0.2) is 4.39 Å². The van der Waals surface area contributed by atoms with Gasteiger partial charge in [0.2, 0.25) is 0 Å². The summed E-state index contributed by atoms with van der Waals surface area (Å²) in [7, 11) is 0.